The van der Waals surface area contributed by atoms with Gasteiger partial charge in [-0.05, 0) is 36.2 Å². The molecule has 3 rings (SSSR count). The molecule has 7 nitrogen and oxygen atoms in total. The maximum Gasteiger partial charge on any atom is 0.317 e. The molecule has 0 aliphatic heterocycles. The monoisotopic (exact) mass is 446 g/mol. The fourth-order valence-corrected chi connectivity index (χ4v) is 3.25. The number of nitrogens with one attached hydrogen (secondary N) is 2. The van der Waals surface area contributed by atoms with Crippen molar-refractivity contribution in [1.29, 1.82) is 0 Å². The Morgan fingerprint density at radius 1 is 1.00 bits per heavy atom. The summed E-state index contributed by atoms with van der Waals surface area (Å²) in [5.41, 5.74) is 3.03. The minimum Gasteiger partial charge on any atom is -0.489 e. The van der Waals surface area contributed by atoms with Crippen LogP contribution in [0.25, 0.3) is 0 Å². The molecule has 0 saturated carbocycles. The molecule has 0 bridgehead atoms. The summed E-state index contributed by atoms with van der Waals surface area (Å²) in [5, 5.41) is 5.75. The van der Waals surface area contributed by atoms with Crippen LogP contribution in [-0.4, -0.2) is 35.4 Å². The first-order chi connectivity index (χ1) is 16.0. The van der Waals surface area contributed by atoms with Crippen LogP contribution in [0.3, 0.4) is 0 Å². The van der Waals surface area contributed by atoms with E-state index in [4.69, 9.17) is 4.74 Å². The van der Waals surface area contributed by atoms with Gasteiger partial charge in [-0.1, -0.05) is 48.5 Å². The highest BCUT2D eigenvalue weighted by molar-refractivity contribution is 5.78. The molecule has 2 aromatic carbocycles. The smallest absolute Gasteiger partial charge is 0.317 e. The van der Waals surface area contributed by atoms with Crippen molar-refractivity contribution in [3.05, 3.63) is 95.8 Å². The third-order valence-electron chi connectivity index (χ3n) is 5.12. The molecular formula is C26H30N4O3. The lowest BCUT2D eigenvalue weighted by Crippen LogP contribution is -2.39. The normalized spacial score (nSPS) is 11.3. The minimum atomic E-state index is -0.207. The first kappa shape index (κ1) is 23.8. The molecule has 7 heteroatoms. The van der Waals surface area contributed by atoms with Crippen molar-refractivity contribution in [3.8, 4) is 5.75 Å². The van der Waals surface area contributed by atoms with Gasteiger partial charge >= 0.3 is 6.03 Å². The average molecular weight is 447 g/mol. The van der Waals surface area contributed by atoms with Crippen LogP contribution in [0.2, 0.25) is 0 Å². The number of rotatable bonds is 10. The zero-order valence-corrected chi connectivity index (χ0v) is 19.0. The van der Waals surface area contributed by atoms with E-state index in [0.29, 0.717) is 13.2 Å². The molecule has 0 saturated heterocycles. The van der Waals surface area contributed by atoms with Gasteiger partial charge < -0.3 is 20.3 Å². The van der Waals surface area contributed by atoms with Crippen LogP contribution < -0.4 is 15.4 Å². The molecular weight excluding hydrogens is 416 g/mol. The van der Waals surface area contributed by atoms with Gasteiger partial charge in [0.25, 0.3) is 0 Å². The molecule has 172 valence electrons. The number of ether oxygens (including phenoxy) is 1. The summed E-state index contributed by atoms with van der Waals surface area (Å²) in [7, 11) is 1.73. The van der Waals surface area contributed by atoms with Crippen LogP contribution in [0, 0.1) is 0 Å². The van der Waals surface area contributed by atoms with E-state index >= 15 is 0 Å². The lowest BCUT2D eigenvalue weighted by atomic mass is 10.1. The van der Waals surface area contributed by atoms with E-state index in [1.165, 1.54) is 0 Å². The van der Waals surface area contributed by atoms with Gasteiger partial charge in [-0.15, -0.1) is 0 Å². The Morgan fingerprint density at radius 3 is 2.42 bits per heavy atom. The van der Waals surface area contributed by atoms with E-state index in [9.17, 15) is 9.59 Å². The van der Waals surface area contributed by atoms with Crippen LogP contribution in [0.4, 0.5) is 4.79 Å². The van der Waals surface area contributed by atoms with Gasteiger partial charge in [0.05, 0.1) is 6.04 Å². The number of pyridine rings is 1. The van der Waals surface area contributed by atoms with Crippen molar-refractivity contribution in [2.45, 2.75) is 32.5 Å². The van der Waals surface area contributed by atoms with E-state index in [2.05, 4.69) is 15.6 Å². The van der Waals surface area contributed by atoms with Gasteiger partial charge in [-0.3, -0.25) is 9.78 Å². The SMILES string of the molecule is CC(NC(=O)CCNC(=O)N(C)Cc1ccccc1)c1ccc(OCc2cccnc2)cc1. The number of carbonyl (C=O) groups excluding carboxylic acids is 2. The van der Waals surface area contributed by atoms with E-state index < -0.39 is 0 Å². The predicted molar refractivity (Wildman–Crippen MR) is 127 cm³/mol. The Balaban J connectivity index is 1.36. The second-order valence-electron chi connectivity index (χ2n) is 7.83. The molecule has 1 heterocycles. The summed E-state index contributed by atoms with van der Waals surface area (Å²) < 4.78 is 5.77. The number of hydrogen-bond donors (Lipinski definition) is 2. The highest BCUT2D eigenvalue weighted by Crippen LogP contribution is 2.18. The Kier molecular flexibility index (Phi) is 8.82. The first-order valence-corrected chi connectivity index (χ1v) is 10.9. The number of benzene rings is 2. The molecule has 0 radical (unpaired) electrons. The number of hydrogen-bond acceptors (Lipinski definition) is 4. The lowest BCUT2D eigenvalue weighted by Gasteiger charge is -2.18. The Bertz CT molecular complexity index is 1010. The van der Waals surface area contributed by atoms with E-state index in [0.717, 1.165) is 22.4 Å². The number of amides is 3. The molecule has 33 heavy (non-hydrogen) atoms. The molecule has 3 aromatic rings. The largest absolute Gasteiger partial charge is 0.489 e. The maximum atomic E-state index is 12.3. The molecule has 0 aliphatic rings. The maximum absolute atomic E-state index is 12.3. The number of aromatic nitrogens is 1. The summed E-state index contributed by atoms with van der Waals surface area (Å²) in [6.45, 7) is 3.16. The average Bonchev–Trinajstić information content (AvgIpc) is 2.84. The molecule has 2 N–H and O–H groups in total. The van der Waals surface area contributed by atoms with Crippen molar-refractivity contribution < 1.29 is 14.3 Å². The summed E-state index contributed by atoms with van der Waals surface area (Å²) in [6.07, 6.45) is 3.71. The quantitative estimate of drug-likeness (QED) is 0.492. The van der Waals surface area contributed by atoms with Crippen LogP contribution in [0.15, 0.2) is 79.1 Å². The van der Waals surface area contributed by atoms with Crippen molar-refractivity contribution >= 4 is 11.9 Å². The van der Waals surface area contributed by atoms with Crippen molar-refractivity contribution in [1.82, 2.24) is 20.5 Å². The molecule has 0 spiro atoms. The second kappa shape index (κ2) is 12.2. The fourth-order valence-electron chi connectivity index (χ4n) is 3.25. The van der Waals surface area contributed by atoms with Gasteiger partial charge in [-0.25, -0.2) is 4.79 Å². The van der Waals surface area contributed by atoms with Gasteiger partial charge in [0.15, 0.2) is 0 Å². The highest BCUT2D eigenvalue weighted by atomic mass is 16.5. The van der Waals surface area contributed by atoms with Gasteiger partial charge in [-0.2, -0.15) is 0 Å². The van der Waals surface area contributed by atoms with E-state index in [1.54, 1.807) is 24.3 Å². The van der Waals surface area contributed by atoms with Crippen molar-refractivity contribution in [2.75, 3.05) is 13.6 Å². The van der Waals surface area contributed by atoms with Gasteiger partial charge in [0.2, 0.25) is 5.91 Å². The Morgan fingerprint density at radius 2 is 1.73 bits per heavy atom. The lowest BCUT2D eigenvalue weighted by molar-refractivity contribution is -0.121. The zero-order chi connectivity index (χ0) is 23.5. The predicted octanol–water partition coefficient (Wildman–Crippen LogP) is 4.07. The van der Waals surface area contributed by atoms with Crippen LogP contribution in [0.1, 0.15) is 36.1 Å². The van der Waals surface area contributed by atoms with E-state index in [1.807, 2.05) is 73.7 Å². The minimum absolute atomic E-state index is 0.120. The van der Waals surface area contributed by atoms with Crippen molar-refractivity contribution in [2.24, 2.45) is 0 Å². The topological polar surface area (TPSA) is 83.6 Å². The molecule has 1 unspecified atom stereocenters. The molecule has 0 aliphatic carbocycles. The van der Waals surface area contributed by atoms with Gasteiger partial charge in [0.1, 0.15) is 12.4 Å². The summed E-state index contributed by atoms with van der Waals surface area (Å²) >= 11 is 0. The Labute approximate surface area is 194 Å². The fraction of sp³-hybridized carbons (Fsp3) is 0.269. The third-order valence-corrected chi connectivity index (χ3v) is 5.12. The molecule has 1 atom stereocenters. The first-order valence-electron chi connectivity index (χ1n) is 10.9. The van der Waals surface area contributed by atoms with E-state index in [-0.39, 0.29) is 30.9 Å². The van der Waals surface area contributed by atoms with Gasteiger partial charge in [0, 0.05) is 44.5 Å². The highest BCUT2D eigenvalue weighted by Gasteiger charge is 2.12. The number of carbonyl (C=O) groups is 2. The van der Waals surface area contributed by atoms with Crippen LogP contribution in [0.5, 0.6) is 5.75 Å². The second-order valence-corrected chi connectivity index (χ2v) is 7.83. The molecule has 3 amide bonds. The molecule has 1 aromatic heterocycles. The summed E-state index contributed by atoms with van der Waals surface area (Å²) in [6, 6.07) is 20.9. The standard InChI is InChI=1S/C26H30N4O3/c1-20(23-10-12-24(13-11-23)33-19-22-9-6-15-27-17-22)29-25(31)14-16-28-26(32)30(2)18-21-7-4-3-5-8-21/h3-13,15,17,20H,14,16,18-19H2,1-2H3,(H,28,32)(H,29,31). The number of urea groups is 1. The molecule has 0 fully saturated rings. The summed E-state index contributed by atoms with van der Waals surface area (Å²) in [5.74, 6) is 0.633. The van der Waals surface area contributed by atoms with Crippen molar-refractivity contribution in [3.63, 3.8) is 0 Å². The Hall–Kier alpha value is -3.87. The number of nitrogens with zero attached hydrogens (tertiary/aromatic N) is 2. The third kappa shape index (κ3) is 7.96. The van der Waals surface area contributed by atoms with Crippen LogP contribution >= 0.6 is 0 Å². The summed E-state index contributed by atoms with van der Waals surface area (Å²) in [4.78, 5) is 30.2. The zero-order valence-electron chi connectivity index (χ0n) is 19.0. The van der Waals surface area contributed by atoms with Crippen LogP contribution in [-0.2, 0) is 17.9 Å².